The van der Waals surface area contributed by atoms with Crippen molar-refractivity contribution in [2.45, 2.75) is 26.4 Å². The van der Waals surface area contributed by atoms with Gasteiger partial charge in [0.15, 0.2) is 5.78 Å². The fraction of sp³-hybridized carbons (Fsp3) is 0.417. The van der Waals surface area contributed by atoms with Gasteiger partial charge in [0.2, 0.25) is 0 Å². The molecule has 0 aliphatic heterocycles. The van der Waals surface area contributed by atoms with Crippen LogP contribution in [0.4, 0.5) is 10.1 Å². The van der Waals surface area contributed by atoms with Crippen molar-refractivity contribution in [3.05, 3.63) is 29.3 Å². The van der Waals surface area contributed by atoms with Crippen molar-refractivity contribution >= 4 is 11.5 Å². The second-order valence-corrected chi connectivity index (χ2v) is 4.49. The summed E-state index contributed by atoms with van der Waals surface area (Å²) in [5, 5.41) is 0. The molecule has 2 rings (SSSR count). The highest BCUT2D eigenvalue weighted by atomic mass is 19.1. The van der Waals surface area contributed by atoms with Crippen LogP contribution < -0.4 is 5.73 Å². The van der Waals surface area contributed by atoms with Gasteiger partial charge >= 0.3 is 0 Å². The first-order valence-electron chi connectivity index (χ1n) is 5.00. The van der Waals surface area contributed by atoms with Gasteiger partial charge < -0.3 is 5.73 Å². The van der Waals surface area contributed by atoms with Gasteiger partial charge in [-0.3, -0.25) is 4.79 Å². The minimum atomic E-state index is -0.984. The molecule has 80 valence electrons. The summed E-state index contributed by atoms with van der Waals surface area (Å²) in [6.07, 6.45) is -0.641. The number of rotatable bonds is 2. The number of alkyl halides is 1. The molecule has 0 heterocycles. The Morgan fingerprint density at radius 1 is 1.60 bits per heavy atom. The summed E-state index contributed by atoms with van der Waals surface area (Å²) in [5.74, 6) is -0.104. The number of benzene rings is 1. The third kappa shape index (κ3) is 1.52. The largest absolute Gasteiger partial charge is 0.399 e. The Morgan fingerprint density at radius 2 is 2.20 bits per heavy atom. The lowest BCUT2D eigenvalue weighted by Gasteiger charge is -2.10. The van der Waals surface area contributed by atoms with Gasteiger partial charge in [-0.25, -0.2) is 4.39 Å². The molecule has 0 saturated heterocycles. The molecule has 1 fully saturated rings. The molecule has 1 aromatic carbocycles. The van der Waals surface area contributed by atoms with Crippen LogP contribution in [0.1, 0.15) is 29.3 Å². The van der Waals surface area contributed by atoms with Crippen molar-refractivity contribution in [2.24, 2.45) is 5.41 Å². The van der Waals surface area contributed by atoms with E-state index < -0.39 is 11.6 Å². The van der Waals surface area contributed by atoms with Crippen LogP contribution in [0.15, 0.2) is 18.2 Å². The lowest BCUT2D eigenvalue weighted by molar-refractivity contribution is 0.0893. The first kappa shape index (κ1) is 10.1. The number of hydrogen-bond donors (Lipinski definition) is 1. The summed E-state index contributed by atoms with van der Waals surface area (Å²) in [5.41, 5.74) is 6.84. The maximum Gasteiger partial charge on any atom is 0.172 e. The summed E-state index contributed by atoms with van der Waals surface area (Å²) in [4.78, 5) is 12.0. The molecule has 0 bridgehead atoms. The molecule has 2 nitrogen and oxygen atoms in total. The van der Waals surface area contributed by atoms with E-state index in [1.165, 1.54) is 0 Å². The first-order chi connectivity index (χ1) is 6.95. The standard InChI is InChI=1S/C12H14FNO/c1-7-5-8(14)3-4-9(7)11(15)12(2)6-10(12)13/h3-5,10H,6,14H2,1-2H3. The topological polar surface area (TPSA) is 43.1 Å². The minimum absolute atomic E-state index is 0.104. The van der Waals surface area contributed by atoms with Crippen LogP contribution in [0.5, 0.6) is 0 Å². The summed E-state index contributed by atoms with van der Waals surface area (Å²) < 4.78 is 13.1. The van der Waals surface area contributed by atoms with Gasteiger partial charge in [0.1, 0.15) is 6.17 Å². The SMILES string of the molecule is Cc1cc(N)ccc1C(=O)C1(C)CC1F. The number of nitrogens with two attached hydrogens (primary N) is 1. The number of nitrogen functional groups attached to an aromatic ring is 1. The highest BCUT2D eigenvalue weighted by molar-refractivity contribution is 6.04. The Balaban J connectivity index is 2.35. The molecule has 0 aromatic heterocycles. The van der Waals surface area contributed by atoms with Crippen LogP contribution in [0, 0.1) is 12.3 Å². The summed E-state index contributed by atoms with van der Waals surface area (Å²) >= 11 is 0. The number of halogens is 1. The normalized spacial score (nSPS) is 28.9. The van der Waals surface area contributed by atoms with Crippen molar-refractivity contribution in [1.29, 1.82) is 0 Å². The molecule has 0 amide bonds. The average Bonchev–Trinajstić information content (AvgIpc) is 2.75. The van der Waals surface area contributed by atoms with Crippen LogP contribution in [0.2, 0.25) is 0 Å². The number of hydrogen-bond acceptors (Lipinski definition) is 2. The van der Waals surface area contributed by atoms with Crippen molar-refractivity contribution in [2.75, 3.05) is 5.73 Å². The van der Waals surface area contributed by atoms with Crippen molar-refractivity contribution < 1.29 is 9.18 Å². The molecule has 0 spiro atoms. The molecule has 1 aromatic rings. The first-order valence-corrected chi connectivity index (χ1v) is 5.00. The predicted molar refractivity (Wildman–Crippen MR) is 57.5 cm³/mol. The third-order valence-corrected chi connectivity index (χ3v) is 3.15. The van der Waals surface area contributed by atoms with Gasteiger partial charge in [-0.2, -0.15) is 0 Å². The Bertz CT molecular complexity index is 430. The van der Waals surface area contributed by atoms with Crippen LogP contribution in [-0.4, -0.2) is 12.0 Å². The lowest BCUT2D eigenvalue weighted by Crippen LogP contribution is -2.16. The number of carbonyl (C=O) groups is 1. The minimum Gasteiger partial charge on any atom is -0.399 e. The van der Waals surface area contributed by atoms with Crippen LogP contribution in [-0.2, 0) is 0 Å². The van der Waals surface area contributed by atoms with Crippen molar-refractivity contribution in [1.82, 2.24) is 0 Å². The van der Waals surface area contributed by atoms with Gasteiger partial charge in [-0.05, 0) is 44.0 Å². The number of anilines is 1. The maximum absolute atomic E-state index is 13.1. The van der Waals surface area contributed by atoms with Crippen LogP contribution in [0.25, 0.3) is 0 Å². The summed E-state index contributed by atoms with van der Waals surface area (Å²) in [6.45, 7) is 3.50. The van der Waals surface area contributed by atoms with Gasteiger partial charge in [-0.15, -0.1) is 0 Å². The second kappa shape index (κ2) is 3.05. The van der Waals surface area contributed by atoms with E-state index in [9.17, 15) is 9.18 Å². The quantitative estimate of drug-likeness (QED) is 0.598. The fourth-order valence-corrected chi connectivity index (χ4v) is 1.80. The van der Waals surface area contributed by atoms with Gasteiger partial charge in [0.25, 0.3) is 0 Å². The van der Waals surface area contributed by atoms with Crippen LogP contribution in [0.3, 0.4) is 0 Å². The Hall–Kier alpha value is -1.38. The lowest BCUT2D eigenvalue weighted by atomic mass is 9.93. The zero-order valence-electron chi connectivity index (χ0n) is 8.88. The molecule has 15 heavy (non-hydrogen) atoms. The zero-order chi connectivity index (χ0) is 11.2. The summed E-state index contributed by atoms with van der Waals surface area (Å²) in [6, 6.07) is 5.11. The van der Waals surface area contributed by atoms with E-state index in [1.54, 1.807) is 25.1 Å². The monoisotopic (exact) mass is 207 g/mol. The maximum atomic E-state index is 13.1. The number of carbonyl (C=O) groups excluding carboxylic acids is 1. The van der Waals surface area contributed by atoms with E-state index in [0.717, 1.165) is 5.56 Å². The molecule has 0 radical (unpaired) electrons. The third-order valence-electron chi connectivity index (χ3n) is 3.15. The van der Waals surface area contributed by atoms with E-state index in [-0.39, 0.29) is 5.78 Å². The molecule has 2 atom stereocenters. The Kier molecular flexibility index (Phi) is 2.07. The molecular formula is C12H14FNO. The Morgan fingerprint density at radius 3 is 2.67 bits per heavy atom. The second-order valence-electron chi connectivity index (χ2n) is 4.49. The molecule has 1 aliphatic carbocycles. The molecule has 2 unspecified atom stereocenters. The zero-order valence-corrected chi connectivity index (χ0v) is 8.88. The highest BCUT2D eigenvalue weighted by Gasteiger charge is 2.57. The average molecular weight is 207 g/mol. The van der Waals surface area contributed by atoms with Crippen molar-refractivity contribution in [3.63, 3.8) is 0 Å². The van der Waals surface area contributed by atoms with E-state index >= 15 is 0 Å². The van der Waals surface area contributed by atoms with E-state index in [1.807, 2.05) is 6.92 Å². The van der Waals surface area contributed by atoms with Crippen LogP contribution >= 0.6 is 0 Å². The highest BCUT2D eigenvalue weighted by Crippen LogP contribution is 2.50. The smallest absolute Gasteiger partial charge is 0.172 e. The van der Waals surface area contributed by atoms with E-state index in [4.69, 9.17) is 5.73 Å². The molecule has 3 heteroatoms. The molecule has 1 saturated carbocycles. The Labute approximate surface area is 88.3 Å². The van der Waals surface area contributed by atoms with E-state index in [2.05, 4.69) is 0 Å². The predicted octanol–water partition coefficient (Wildman–Crippen LogP) is 2.51. The number of ketones is 1. The molecular weight excluding hydrogens is 193 g/mol. The van der Waals surface area contributed by atoms with E-state index in [0.29, 0.717) is 17.7 Å². The van der Waals surface area contributed by atoms with Crippen molar-refractivity contribution in [3.8, 4) is 0 Å². The number of Topliss-reactive ketones (excluding diaryl/α,β-unsaturated/α-hetero) is 1. The summed E-state index contributed by atoms with van der Waals surface area (Å²) in [7, 11) is 0. The van der Waals surface area contributed by atoms with Gasteiger partial charge in [-0.1, -0.05) is 0 Å². The molecule has 1 aliphatic rings. The van der Waals surface area contributed by atoms with Gasteiger partial charge in [0, 0.05) is 11.3 Å². The number of aryl methyl sites for hydroxylation is 1. The molecule has 2 N–H and O–H groups in total. The fourth-order valence-electron chi connectivity index (χ4n) is 1.80. The van der Waals surface area contributed by atoms with Gasteiger partial charge in [0.05, 0.1) is 5.41 Å².